The fourth-order valence-corrected chi connectivity index (χ4v) is 4.50. The molecule has 2 amide bonds. The summed E-state index contributed by atoms with van der Waals surface area (Å²) in [7, 11) is 0. The van der Waals surface area contributed by atoms with Crippen molar-refractivity contribution in [1.82, 2.24) is 0 Å². The number of aryl methyl sites for hydroxylation is 2. The van der Waals surface area contributed by atoms with Gasteiger partial charge in [-0.2, -0.15) is 0 Å². The second-order valence-electron chi connectivity index (χ2n) is 8.22. The van der Waals surface area contributed by atoms with Crippen molar-refractivity contribution in [2.75, 3.05) is 16.8 Å². The highest BCUT2D eigenvalue weighted by Crippen LogP contribution is 2.35. The zero-order chi connectivity index (χ0) is 19.7. The molecule has 2 aromatic rings. The summed E-state index contributed by atoms with van der Waals surface area (Å²) in [5.74, 6) is 0.357. The Morgan fingerprint density at radius 1 is 0.964 bits per heavy atom. The van der Waals surface area contributed by atoms with Gasteiger partial charge in [-0.15, -0.1) is 0 Å². The van der Waals surface area contributed by atoms with Gasteiger partial charge < -0.3 is 10.2 Å². The zero-order valence-electron chi connectivity index (χ0n) is 16.7. The first-order valence-corrected chi connectivity index (χ1v) is 10.3. The van der Waals surface area contributed by atoms with E-state index in [-0.39, 0.29) is 23.7 Å². The van der Waals surface area contributed by atoms with Gasteiger partial charge in [0.05, 0.1) is 0 Å². The van der Waals surface area contributed by atoms with E-state index in [9.17, 15) is 9.59 Å². The van der Waals surface area contributed by atoms with Crippen LogP contribution in [0.25, 0.3) is 0 Å². The van der Waals surface area contributed by atoms with Gasteiger partial charge in [0.1, 0.15) is 0 Å². The Morgan fingerprint density at radius 3 is 2.46 bits per heavy atom. The topological polar surface area (TPSA) is 49.4 Å². The molecule has 1 heterocycles. The maximum atomic E-state index is 13.0. The largest absolute Gasteiger partial charge is 0.326 e. The molecule has 0 atom stereocenters. The van der Waals surface area contributed by atoms with Gasteiger partial charge in [-0.1, -0.05) is 30.3 Å². The van der Waals surface area contributed by atoms with Crippen LogP contribution in [0.2, 0.25) is 0 Å². The van der Waals surface area contributed by atoms with Crippen LogP contribution in [0.5, 0.6) is 0 Å². The molecule has 28 heavy (non-hydrogen) atoms. The van der Waals surface area contributed by atoms with E-state index >= 15 is 0 Å². The van der Waals surface area contributed by atoms with Crippen molar-refractivity contribution in [3.8, 4) is 0 Å². The number of para-hydroxylation sites is 1. The van der Waals surface area contributed by atoms with Crippen LogP contribution in [0.15, 0.2) is 42.5 Å². The van der Waals surface area contributed by atoms with E-state index in [4.69, 9.17) is 0 Å². The van der Waals surface area contributed by atoms with Gasteiger partial charge >= 0.3 is 0 Å². The summed E-state index contributed by atoms with van der Waals surface area (Å²) in [6.07, 6.45) is 4.09. The predicted octanol–water partition coefficient (Wildman–Crippen LogP) is 4.64. The summed E-state index contributed by atoms with van der Waals surface area (Å²) < 4.78 is 0. The Morgan fingerprint density at radius 2 is 1.68 bits per heavy atom. The molecular formula is C24H28N2O2. The molecular weight excluding hydrogens is 348 g/mol. The third kappa shape index (κ3) is 3.68. The van der Waals surface area contributed by atoms with Crippen LogP contribution in [-0.4, -0.2) is 18.4 Å². The maximum absolute atomic E-state index is 13.0. The number of fused-ring (bicyclic) bond motifs is 1. The minimum atomic E-state index is -0.00479. The Balaban J connectivity index is 1.35. The summed E-state index contributed by atoms with van der Waals surface area (Å²) >= 11 is 0. The van der Waals surface area contributed by atoms with E-state index in [2.05, 4.69) is 17.4 Å². The third-order valence-electron chi connectivity index (χ3n) is 6.25. The fraction of sp³-hybridized carbons (Fsp3) is 0.417. The quantitative estimate of drug-likeness (QED) is 0.848. The number of nitrogens with one attached hydrogen (secondary N) is 1. The van der Waals surface area contributed by atoms with Gasteiger partial charge in [0.15, 0.2) is 0 Å². The molecule has 1 aliphatic heterocycles. The van der Waals surface area contributed by atoms with Crippen LogP contribution in [0.3, 0.4) is 0 Å². The molecule has 1 aliphatic carbocycles. The number of benzene rings is 2. The van der Waals surface area contributed by atoms with Gasteiger partial charge in [-0.05, 0) is 74.8 Å². The Hall–Kier alpha value is -2.62. The van der Waals surface area contributed by atoms with Gasteiger partial charge in [-0.3, -0.25) is 9.59 Å². The van der Waals surface area contributed by atoms with E-state index in [1.54, 1.807) is 0 Å². The molecule has 2 aromatic carbocycles. The summed E-state index contributed by atoms with van der Waals surface area (Å²) in [6.45, 7) is 4.83. The predicted molar refractivity (Wildman–Crippen MR) is 112 cm³/mol. The monoisotopic (exact) mass is 376 g/mol. The van der Waals surface area contributed by atoms with E-state index in [0.717, 1.165) is 61.2 Å². The van der Waals surface area contributed by atoms with E-state index in [1.807, 2.05) is 49.1 Å². The fourth-order valence-electron chi connectivity index (χ4n) is 4.50. The molecule has 0 unspecified atom stereocenters. The molecule has 0 saturated heterocycles. The third-order valence-corrected chi connectivity index (χ3v) is 6.25. The molecule has 146 valence electrons. The van der Waals surface area contributed by atoms with Crippen LogP contribution in [0, 0.1) is 25.7 Å². The number of anilines is 2. The van der Waals surface area contributed by atoms with Crippen molar-refractivity contribution in [2.45, 2.75) is 46.0 Å². The van der Waals surface area contributed by atoms with Crippen LogP contribution in [-0.2, 0) is 16.0 Å². The summed E-state index contributed by atoms with van der Waals surface area (Å²) in [6, 6.07) is 14.3. The van der Waals surface area contributed by atoms with Gasteiger partial charge in [0.2, 0.25) is 11.8 Å². The minimum absolute atomic E-state index is 0.00479. The average molecular weight is 377 g/mol. The van der Waals surface area contributed by atoms with E-state index in [0.29, 0.717) is 0 Å². The molecule has 4 rings (SSSR count). The second-order valence-corrected chi connectivity index (χ2v) is 8.22. The van der Waals surface area contributed by atoms with Crippen LogP contribution >= 0.6 is 0 Å². The van der Waals surface area contributed by atoms with Crippen molar-refractivity contribution in [3.63, 3.8) is 0 Å². The number of hydrogen-bond acceptors (Lipinski definition) is 2. The number of hydrogen-bond donors (Lipinski definition) is 1. The lowest BCUT2D eigenvalue weighted by atomic mass is 9.81. The molecule has 1 fully saturated rings. The highest BCUT2D eigenvalue weighted by atomic mass is 16.2. The van der Waals surface area contributed by atoms with Gasteiger partial charge in [-0.25, -0.2) is 0 Å². The van der Waals surface area contributed by atoms with Crippen LogP contribution in [0.4, 0.5) is 11.4 Å². The number of carbonyl (C=O) groups is 2. The standard InChI is InChI=1S/C24H28N2O2/c1-16-7-8-17(2)21(15-16)25-23(27)19-9-11-20(12-10-19)24(28)26-14-13-18-5-3-4-6-22(18)26/h3-8,15,19-20H,9-14H2,1-2H3,(H,25,27). The highest BCUT2D eigenvalue weighted by molar-refractivity contribution is 5.97. The van der Waals surface area contributed by atoms with Crippen molar-refractivity contribution in [1.29, 1.82) is 0 Å². The Labute approximate surface area is 166 Å². The van der Waals surface area contributed by atoms with Crippen LogP contribution in [0.1, 0.15) is 42.4 Å². The molecule has 1 saturated carbocycles. The summed E-state index contributed by atoms with van der Waals surface area (Å²) in [5, 5.41) is 3.10. The average Bonchev–Trinajstić information content (AvgIpc) is 3.14. The van der Waals surface area contributed by atoms with E-state index < -0.39 is 0 Å². The lowest BCUT2D eigenvalue weighted by molar-refractivity contribution is -0.126. The number of amides is 2. The second kappa shape index (κ2) is 7.78. The minimum Gasteiger partial charge on any atom is -0.326 e. The number of nitrogens with zero attached hydrogens (tertiary/aromatic N) is 1. The first-order valence-electron chi connectivity index (χ1n) is 10.3. The van der Waals surface area contributed by atoms with Gasteiger partial charge in [0.25, 0.3) is 0 Å². The molecule has 0 radical (unpaired) electrons. The molecule has 4 heteroatoms. The molecule has 0 aromatic heterocycles. The zero-order valence-corrected chi connectivity index (χ0v) is 16.7. The number of rotatable bonds is 3. The molecule has 0 bridgehead atoms. The lowest BCUT2D eigenvalue weighted by Crippen LogP contribution is -2.38. The van der Waals surface area contributed by atoms with Crippen molar-refractivity contribution < 1.29 is 9.59 Å². The number of carbonyl (C=O) groups excluding carboxylic acids is 2. The normalized spacial score (nSPS) is 21.3. The van der Waals surface area contributed by atoms with Crippen LogP contribution < -0.4 is 10.2 Å². The lowest BCUT2D eigenvalue weighted by Gasteiger charge is -2.30. The van der Waals surface area contributed by atoms with Crippen molar-refractivity contribution >= 4 is 23.2 Å². The van der Waals surface area contributed by atoms with Gasteiger partial charge in [0, 0.05) is 29.8 Å². The Kier molecular flexibility index (Phi) is 5.21. The van der Waals surface area contributed by atoms with Crippen molar-refractivity contribution in [2.24, 2.45) is 11.8 Å². The Bertz CT molecular complexity index is 897. The first-order chi connectivity index (χ1) is 13.5. The molecule has 0 spiro atoms. The van der Waals surface area contributed by atoms with Crippen molar-refractivity contribution in [3.05, 3.63) is 59.2 Å². The molecule has 1 N–H and O–H groups in total. The summed E-state index contributed by atoms with van der Waals surface area (Å²) in [4.78, 5) is 27.7. The SMILES string of the molecule is Cc1ccc(C)c(NC(=O)C2CCC(C(=O)N3CCc4ccccc43)CC2)c1. The van der Waals surface area contributed by atoms with E-state index in [1.165, 1.54) is 5.56 Å². The first kappa shape index (κ1) is 18.7. The highest BCUT2D eigenvalue weighted by Gasteiger charge is 2.34. The summed E-state index contributed by atoms with van der Waals surface area (Å²) in [5.41, 5.74) is 5.45. The maximum Gasteiger partial charge on any atom is 0.230 e. The smallest absolute Gasteiger partial charge is 0.230 e. The molecule has 4 nitrogen and oxygen atoms in total. The molecule has 2 aliphatic rings.